The van der Waals surface area contributed by atoms with Gasteiger partial charge in [0.1, 0.15) is 0 Å². The van der Waals surface area contributed by atoms with Gasteiger partial charge in [0, 0.05) is 6.42 Å². The zero-order valence-corrected chi connectivity index (χ0v) is 15.0. The van der Waals surface area contributed by atoms with Crippen LogP contribution in [0.4, 0.5) is 0 Å². The highest BCUT2D eigenvalue weighted by Gasteiger charge is 2.32. The molecular weight excluding hydrogens is 304 g/mol. The quantitative estimate of drug-likeness (QED) is 0.569. The molecule has 1 heterocycles. The zero-order chi connectivity index (χ0) is 16.8. The molecule has 0 amide bonds. The summed E-state index contributed by atoms with van der Waals surface area (Å²) in [6.45, 7) is 1.67. The van der Waals surface area contributed by atoms with Gasteiger partial charge in [-0.25, -0.2) is 0 Å². The van der Waals surface area contributed by atoms with Gasteiger partial charge >= 0.3 is 5.97 Å². The third-order valence-corrected chi connectivity index (χ3v) is 6.14. The molecule has 0 N–H and O–H groups in total. The first-order valence-electron chi connectivity index (χ1n) is 9.75. The number of esters is 1. The number of carbonyl (C=O) groups is 1. The van der Waals surface area contributed by atoms with Crippen molar-refractivity contribution in [2.24, 2.45) is 17.8 Å². The average molecular weight is 336 g/mol. The van der Waals surface area contributed by atoms with Crippen LogP contribution in [0.15, 0.2) is 11.6 Å². The first-order valence-corrected chi connectivity index (χ1v) is 9.75. The summed E-state index contributed by atoms with van der Waals surface area (Å²) in [5, 5.41) is 0. The van der Waals surface area contributed by atoms with Crippen LogP contribution in [-0.2, 0) is 19.0 Å². The Morgan fingerprint density at radius 3 is 2.29 bits per heavy atom. The maximum absolute atomic E-state index is 11.6. The smallest absolute Gasteiger partial charge is 0.308 e. The molecule has 2 aliphatic carbocycles. The van der Waals surface area contributed by atoms with E-state index in [0.717, 1.165) is 50.7 Å². The topological polar surface area (TPSA) is 44.8 Å². The van der Waals surface area contributed by atoms with E-state index in [0.29, 0.717) is 0 Å². The zero-order valence-electron chi connectivity index (χ0n) is 15.0. The van der Waals surface area contributed by atoms with Gasteiger partial charge < -0.3 is 14.2 Å². The standard InChI is InChI=1S/C20H32O4/c1-22-20(21)18-10-8-17(9-11-18)16-6-3-15(4-7-16)5-12-19-23-13-2-14-24-19/h5,16-19H,2-4,6-14H2,1H3. The van der Waals surface area contributed by atoms with Crippen molar-refractivity contribution in [1.29, 1.82) is 0 Å². The second kappa shape index (κ2) is 9.00. The molecule has 4 nitrogen and oxygen atoms in total. The number of rotatable bonds is 4. The highest BCUT2D eigenvalue weighted by molar-refractivity contribution is 5.72. The van der Waals surface area contributed by atoms with Crippen LogP contribution in [0.2, 0.25) is 0 Å². The second-order valence-electron chi connectivity index (χ2n) is 7.60. The van der Waals surface area contributed by atoms with Crippen molar-refractivity contribution in [3.8, 4) is 0 Å². The van der Waals surface area contributed by atoms with E-state index in [4.69, 9.17) is 14.2 Å². The van der Waals surface area contributed by atoms with Crippen LogP contribution >= 0.6 is 0 Å². The van der Waals surface area contributed by atoms with Crippen LogP contribution in [-0.4, -0.2) is 32.6 Å². The van der Waals surface area contributed by atoms with Crippen LogP contribution in [0.1, 0.15) is 64.2 Å². The molecule has 4 heteroatoms. The van der Waals surface area contributed by atoms with Crippen molar-refractivity contribution < 1.29 is 19.0 Å². The fraction of sp³-hybridized carbons (Fsp3) is 0.850. The Balaban J connectivity index is 1.38. The monoisotopic (exact) mass is 336 g/mol. The first-order chi connectivity index (χ1) is 11.8. The summed E-state index contributed by atoms with van der Waals surface area (Å²) in [7, 11) is 1.51. The van der Waals surface area contributed by atoms with E-state index < -0.39 is 0 Å². The number of carbonyl (C=O) groups excluding carboxylic acids is 1. The fourth-order valence-corrected chi connectivity index (χ4v) is 4.61. The predicted molar refractivity (Wildman–Crippen MR) is 92.4 cm³/mol. The number of hydrogen-bond donors (Lipinski definition) is 0. The van der Waals surface area contributed by atoms with Crippen molar-refractivity contribution in [3.05, 3.63) is 11.6 Å². The molecule has 0 bridgehead atoms. The lowest BCUT2D eigenvalue weighted by molar-refractivity contribution is -0.175. The van der Waals surface area contributed by atoms with Gasteiger partial charge in [-0.1, -0.05) is 11.6 Å². The van der Waals surface area contributed by atoms with Gasteiger partial charge in [-0.2, -0.15) is 0 Å². The van der Waals surface area contributed by atoms with Crippen molar-refractivity contribution >= 4 is 5.97 Å². The molecule has 0 aromatic rings. The Labute approximate surface area is 145 Å². The molecule has 24 heavy (non-hydrogen) atoms. The van der Waals surface area contributed by atoms with E-state index in [9.17, 15) is 4.79 Å². The van der Waals surface area contributed by atoms with Crippen molar-refractivity contribution in [3.63, 3.8) is 0 Å². The molecule has 1 saturated heterocycles. The van der Waals surface area contributed by atoms with Gasteiger partial charge in [-0.15, -0.1) is 0 Å². The molecular formula is C20H32O4. The SMILES string of the molecule is COC(=O)C1CCC(C2CCC(=CCC3OCCCO3)CC2)CC1. The lowest BCUT2D eigenvalue weighted by atomic mass is 9.70. The van der Waals surface area contributed by atoms with E-state index in [2.05, 4.69) is 6.08 Å². The van der Waals surface area contributed by atoms with Gasteiger partial charge in [0.15, 0.2) is 6.29 Å². The highest BCUT2D eigenvalue weighted by atomic mass is 16.7. The summed E-state index contributed by atoms with van der Waals surface area (Å²) < 4.78 is 16.1. The summed E-state index contributed by atoms with van der Waals surface area (Å²) in [5.74, 6) is 1.82. The Morgan fingerprint density at radius 2 is 1.67 bits per heavy atom. The largest absolute Gasteiger partial charge is 0.469 e. The minimum atomic E-state index is -0.0161. The number of methoxy groups -OCH3 is 1. The molecule has 0 aromatic carbocycles. The van der Waals surface area contributed by atoms with E-state index in [1.807, 2.05) is 0 Å². The van der Waals surface area contributed by atoms with Crippen molar-refractivity contribution in [1.82, 2.24) is 0 Å². The van der Waals surface area contributed by atoms with Gasteiger partial charge in [0.2, 0.25) is 0 Å². The fourth-order valence-electron chi connectivity index (χ4n) is 4.61. The Kier molecular flexibility index (Phi) is 6.73. The summed E-state index contributed by atoms with van der Waals surface area (Å²) in [6, 6.07) is 0. The molecule has 3 rings (SSSR count). The van der Waals surface area contributed by atoms with Crippen molar-refractivity contribution in [2.75, 3.05) is 20.3 Å². The number of hydrogen-bond acceptors (Lipinski definition) is 4. The van der Waals surface area contributed by atoms with Crippen LogP contribution in [0.5, 0.6) is 0 Å². The third-order valence-electron chi connectivity index (χ3n) is 6.14. The van der Waals surface area contributed by atoms with E-state index in [1.54, 1.807) is 5.57 Å². The van der Waals surface area contributed by atoms with Gasteiger partial charge in [-0.05, 0) is 69.6 Å². The molecule has 3 aliphatic rings. The van der Waals surface area contributed by atoms with Gasteiger partial charge in [0.05, 0.1) is 26.2 Å². The predicted octanol–water partition coefficient (Wildman–Crippen LogP) is 4.24. The number of allylic oxidation sites excluding steroid dienone is 1. The lowest BCUT2D eigenvalue weighted by Crippen LogP contribution is -2.28. The molecule has 136 valence electrons. The van der Waals surface area contributed by atoms with E-state index in [1.165, 1.54) is 45.6 Å². The van der Waals surface area contributed by atoms with Crippen LogP contribution < -0.4 is 0 Å². The van der Waals surface area contributed by atoms with Crippen LogP contribution in [0.25, 0.3) is 0 Å². The molecule has 1 aliphatic heterocycles. The summed E-state index contributed by atoms with van der Waals surface area (Å²) in [6.07, 6.45) is 13.8. The minimum absolute atomic E-state index is 0.00513. The van der Waals surface area contributed by atoms with Crippen LogP contribution in [0.3, 0.4) is 0 Å². The Bertz CT molecular complexity index is 421. The summed E-state index contributed by atoms with van der Waals surface area (Å²) in [4.78, 5) is 11.6. The van der Waals surface area contributed by atoms with Gasteiger partial charge in [-0.3, -0.25) is 4.79 Å². The molecule has 0 atom stereocenters. The third kappa shape index (κ3) is 4.82. The van der Waals surface area contributed by atoms with E-state index >= 15 is 0 Å². The lowest BCUT2D eigenvalue weighted by Gasteiger charge is -2.35. The molecule has 0 unspecified atom stereocenters. The highest BCUT2D eigenvalue weighted by Crippen LogP contribution is 2.41. The van der Waals surface area contributed by atoms with Gasteiger partial charge in [0.25, 0.3) is 0 Å². The molecule has 0 aromatic heterocycles. The first kappa shape index (κ1) is 17.9. The molecule has 0 radical (unpaired) electrons. The van der Waals surface area contributed by atoms with E-state index in [-0.39, 0.29) is 18.2 Å². The Morgan fingerprint density at radius 1 is 1.04 bits per heavy atom. The summed E-state index contributed by atoms with van der Waals surface area (Å²) in [5.41, 5.74) is 1.59. The molecule has 3 fully saturated rings. The Hall–Kier alpha value is -0.870. The van der Waals surface area contributed by atoms with Crippen molar-refractivity contribution in [2.45, 2.75) is 70.5 Å². The normalized spacial score (nSPS) is 32.4. The average Bonchev–Trinajstić information content (AvgIpc) is 2.67. The molecule has 2 saturated carbocycles. The maximum atomic E-state index is 11.6. The van der Waals surface area contributed by atoms with Crippen LogP contribution in [0, 0.1) is 17.8 Å². The minimum Gasteiger partial charge on any atom is -0.469 e. The number of ether oxygens (including phenoxy) is 3. The maximum Gasteiger partial charge on any atom is 0.308 e. The second-order valence-corrected chi connectivity index (χ2v) is 7.60. The summed E-state index contributed by atoms with van der Waals surface area (Å²) >= 11 is 0. The molecule has 0 spiro atoms.